The third kappa shape index (κ3) is 4.81. The number of thiazole rings is 1. The Kier molecular flexibility index (Phi) is 6.03. The third-order valence-corrected chi connectivity index (χ3v) is 4.92. The van der Waals surface area contributed by atoms with Gasteiger partial charge in [0, 0.05) is 10.4 Å². The van der Waals surface area contributed by atoms with Crippen LogP contribution in [0.4, 0.5) is 8.78 Å². The predicted molar refractivity (Wildman–Crippen MR) is 100 cm³/mol. The number of aryl methyl sites for hydroxylation is 2. The van der Waals surface area contributed by atoms with Gasteiger partial charge < -0.3 is 10.5 Å². The Hall–Kier alpha value is -2.51. The molecule has 0 unspecified atom stereocenters. The largest absolute Gasteiger partial charge is 0.483 e. The quantitative estimate of drug-likeness (QED) is 0.624. The fourth-order valence-corrected chi connectivity index (χ4v) is 3.46. The molecule has 140 valence electrons. The van der Waals surface area contributed by atoms with E-state index in [4.69, 9.17) is 22.1 Å². The number of benzene rings is 2. The zero-order valence-electron chi connectivity index (χ0n) is 14.0. The number of ether oxygens (including phenoxy) is 1. The summed E-state index contributed by atoms with van der Waals surface area (Å²) in [4.78, 5) is 15.6. The zero-order chi connectivity index (χ0) is 19.4. The molecule has 0 fully saturated rings. The lowest BCUT2D eigenvalue weighted by molar-refractivity contribution is 0.0991. The van der Waals surface area contributed by atoms with E-state index in [1.807, 2.05) is 29.6 Å². The molecule has 1 aromatic heterocycles. The minimum atomic E-state index is -1.19. The van der Waals surface area contributed by atoms with Gasteiger partial charge >= 0.3 is 0 Å². The highest BCUT2D eigenvalue weighted by Crippen LogP contribution is 2.24. The van der Waals surface area contributed by atoms with Crippen molar-refractivity contribution in [2.45, 2.75) is 19.4 Å². The maximum atomic E-state index is 14.1. The highest BCUT2D eigenvalue weighted by atomic mass is 35.5. The second kappa shape index (κ2) is 8.45. The van der Waals surface area contributed by atoms with Crippen molar-refractivity contribution in [3.8, 4) is 5.75 Å². The maximum absolute atomic E-state index is 14.1. The van der Waals surface area contributed by atoms with Gasteiger partial charge in [-0.25, -0.2) is 13.8 Å². The van der Waals surface area contributed by atoms with Crippen LogP contribution in [0.25, 0.3) is 0 Å². The fraction of sp³-hybridized carbons (Fsp3) is 0.158. The Morgan fingerprint density at radius 3 is 2.78 bits per heavy atom. The van der Waals surface area contributed by atoms with Crippen molar-refractivity contribution in [1.29, 1.82) is 0 Å². The summed E-state index contributed by atoms with van der Waals surface area (Å²) in [6, 6.07) is 9.68. The van der Waals surface area contributed by atoms with Gasteiger partial charge in [-0.2, -0.15) is 0 Å². The van der Waals surface area contributed by atoms with Crippen molar-refractivity contribution in [1.82, 2.24) is 4.98 Å². The first-order valence-corrected chi connectivity index (χ1v) is 9.28. The normalized spacial score (nSPS) is 10.8. The summed E-state index contributed by atoms with van der Waals surface area (Å²) in [6.45, 7) is 0.00257. The number of carbonyl (C=O) groups excluding carboxylic acids is 1. The minimum absolute atomic E-state index is 0.00257. The molecule has 1 heterocycles. The summed E-state index contributed by atoms with van der Waals surface area (Å²) < 4.78 is 33.0. The number of primary amides is 1. The molecule has 3 aromatic rings. The number of carbonyl (C=O) groups is 1. The van der Waals surface area contributed by atoms with Gasteiger partial charge in [-0.15, -0.1) is 11.3 Å². The fourth-order valence-electron chi connectivity index (χ4n) is 2.51. The van der Waals surface area contributed by atoms with E-state index in [1.54, 1.807) is 0 Å². The molecule has 8 heteroatoms. The summed E-state index contributed by atoms with van der Waals surface area (Å²) >= 11 is 7.35. The van der Waals surface area contributed by atoms with E-state index in [0.717, 1.165) is 36.2 Å². The average Bonchev–Trinajstić information content (AvgIpc) is 3.07. The van der Waals surface area contributed by atoms with Gasteiger partial charge in [0.15, 0.2) is 11.6 Å². The summed E-state index contributed by atoms with van der Waals surface area (Å²) in [5.74, 6) is -3.57. The molecule has 3 rings (SSSR count). The van der Waals surface area contributed by atoms with Crippen LogP contribution < -0.4 is 10.5 Å². The van der Waals surface area contributed by atoms with Crippen LogP contribution in [0.15, 0.2) is 41.8 Å². The lowest BCUT2D eigenvalue weighted by atomic mass is 10.1. The van der Waals surface area contributed by atoms with Gasteiger partial charge in [0.25, 0.3) is 5.91 Å². The van der Waals surface area contributed by atoms with Crippen LogP contribution in [0.2, 0.25) is 5.02 Å². The molecule has 0 aliphatic carbocycles. The van der Waals surface area contributed by atoms with Crippen LogP contribution >= 0.6 is 22.9 Å². The molecular formula is C19H15ClF2N2O2S. The van der Waals surface area contributed by atoms with Gasteiger partial charge in [-0.1, -0.05) is 23.7 Å². The van der Waals surface area contributed by atoms with Crippen LogP contribution in [-0.4, -0.2) is 10.9 Å². The molecule has 0 aliphatic rings. The van der Waals surface area contributed by atoms with E-state index < -0.39 is 23.1 Å². The smallest absolute Gasteiger partial charge is 0.254 e. The molecular weight excluding hydrogens is 394 g/mol. The molecule has 2 aromatic carbocycles. The SMILES string of the molecule is NC(=O)c1c(F)ccc(OCc2nc(CCc3cccc(Cl)c3)cs2)c1F. The number of nitrogens with two attached hydrogens (primary N) is 1. The van der Waals surface area contributed by atoms with Gasteiger partial charge in [0.05, 0.1) is 5.69 Å². The van der Waals surface area contributed by atoms with Crippen molar-refractivity contribution in [2.75, 3.05) is 0 Å². The van der Waals surface area contributed by atoms with E-state index in [9.17, 15) is 13.6 Å². The van der Waals surface area contributed by atoms with Crippen LogP contribution in [0.5, 0.6) is 5.75 Å². The monoisotopic (exact) mass is 408 g/mol. The van der Waals surface area contributed by atoms with E-state index in [2.05, 4.69) is 4.98 Å². The van der Waals surface area contributed by atoms with Crippen LogP contribution in [0, 0.1) is 11.6 Å². The molecule has 4 nitrogen and oxygen atoms in total. The van der Waals surface area contributed by atoms with E-state index in [1.165, 1.54) is 11.3 Å². The number of amides is 1. The first kappa shape index (κ1) is 19.3. The molecule has 0 bridgehead atoms. The Morgan fingerprint density at radius 1 is 1.22 bits per heavy atom. The topological polar surface area (TPSA) is 65.2 Å². The number of nitrogens with zero attached hydrogens (tertiary/aromatic N) is 1. The summed E-state index contributed by atoms with van der Waals surface area (Å²) in [5, 5.41) is 3.23. The first-order chi connectivity index (χ1) is 12.9. The Bertz CT molecular complexity index is 978. The molecule has 0 saturated heterocycles. The number of rotatable bonds is 7. The van der Waals surface area contributed by atoms with Gasteiger partial charge in [0.1, 0.15) is 23.0 Å². The van der Waals surface area contributed by atoms with Crippen LogP contribution in [0.3, 0.4) is 0 Å². The highest BCUT2D eigenvalue weighted by Gasteiger charge is 2.19. The highest BCUT2D eigenvalue weighted by molar-refractivity contribution is 7.09. The summed E-state index contributed by atoms with van der Waals surface area (Å²) in [7, 11) is 0. The minimum Gasteiger partial charge on any atom is -0.483 e. The zero-order valence-corrected chi connectivity index (χ0v) is 15.6. The molecule has 0 aliphatic heterocycles. The molecule has 0 spiro atoms. The molecule has 1 amide bonds. The van der Waals surface area contributed by atoms with Crippen molar-refractivity contribution in [3.05, 3.63) is 80.3 Å². The molecule has 27 heavy (non-hydrogen) atoms. The van der Waals surface area contributed by atoms with Crippen molar-refractivity contribution < 1.29 is 18.3 Å². The second-order valence-electron chi connectivity index (χ2n) is 5.75. The van der Waals surface area contributed by atoms with Gasteiger partial charge in [-0.3, -0.25) is 4.79 Å². The molecule has 0 saturated carbocycles. The van der Waals surface area contributed by atoms with E-state index >= 15 is 0 Å². The van der Waals surface area contributed by atoms with Gasteiger partial charge in [0.2, 0.25) is 0 Å². The molecule has 0 radical (unpaired) electrons. The predicted octanol–water partition coefficient (Wildman–Crippen LogP) is 4.54. The van der Waals surface area contributed by atoms with Crippen LogP contribution in [0.1, 0.15) is 26.6 Å². The van der Waals surface area contributed by atoms with Crippen molar-refractivity contribution >= 4 is 28.8 Å². The second-order valence-corrected chi connectivity index (χ2v) is 7.13. The average molecular weight is 409 g/mol. The number of halogens is 3. The van der Waals surface area contributed by atoms with Crippen molar-refractivity contribution in [3.63, 3.8) is 0 Å². The Morgan fingerprint density at radius 2 is 2.04 bits per heavy atom. The molecule has 0 atom stereocenters. The maximum Gasteiger partial charge on any atom is 0.254 e. The lowest BCUT2D eigenvalue weighted by Gasteiger charge is -2.08. The molecule has 2 N–H and O–H groups in total. The van der Waals surface area contributed by atoms with Gasteiger partial charge in [-0.05, 0) is 42.7 Å². The first-order valence-electron chi connectivity index (χ1n) is 8.02. The van der Waals surface area contributed by atoms with E-state index in [-0.39, 0.29) is 12.4 Å². The summed E-state index contributed by atoms with van der Waals surface area (Å²) in [6.07, 6.45) is 1.52. The Labute approximate surface area is 163 Å². The number of hydrogen-bond acceptors (Lipinski definition) is 4. The van der Waals surface area contributed by atoms with Crippen molar-refractivity contribution in [2.24, 2.45) is 5.73 Å². The number of aromatic nitrogens is 1. The Balaban J connectivity index is 1.62. The number of hydrogen-bond donors (Lipinski definition) is 1. The van der Waals surface area contributed by atoms with E-state index in [0.29, 0.717) is 10.0 Å². The summed E-state index contributed by atoms with van der Waals surface area (Å²) in [5.41, 5.74) is 6.18. The lowest BCUT2D eigenvalue weighted by Crippen LogP contribution is -2.16. The van der Waals surface area contributed by atoms with Crippen LogP contribution in [-0.2, 0) is 19.4 Å². The standard InChI is InChI=1S/C19H15ClF2N2O2S/c20-12-3-1-2-11(8-12)4-5-13-10-27-16(24-13)9-26-15-7-6-14(21)17(18(15)22)19(23)25/h1-3,6-8,10H,4-5,9H2,(H2,23,25). The third-order valence-electron chi connectivity index (χ3n) is 3.81.